The van der Waals surface area contributed by atoms with Crippen LogP contribution in [0.5, 0.6) is 5.75 Å². The molecule has 3 heterocycles. The first kappa shape index (κ1) is 20.2. The van der Waals surface area contributed by atoms with Gasteiger partial charge in [0, 0.05) is 49.5 Å². The van der Waals surface area contributed by atoms with E-state index in [0.29, 0.717) is 25.3 Å². The number of carbonyl (C=O) groups excluding carboxylic acids is 2. The largest absolute Gasteiger partial charge is 0.495 e. The number of para-hydroxylation sites is 1. The second kappa shape index (κ2) is 9.13. The summed E-state index contributed by atoms with van der Waals surface area (Å²) in [7, 11) is 1.60. The summed E-state index contributed by atoms with van der Waals surface area (Å²) >= 11 is 0. The van der Waals surface area contributed by atoms with Crippen molar-refractivity contribution in [1.82, 2.24) is 20.5 Å². The van der Waals surface area contributed by atoms with E-state index in [1.165, 1.54) is 0 Å². The highest BCUT2D eigenvalue weighted by atomic mass is 16.5. The molecule has 2 fully saturated rings. The number of likely N-dealkylation sites (tertiary alicyclic amines) is 1. The SMILES string of the molecule is COc1ccc(C2CN(C(=O)C3CNC3)CCC2NC(=O)Nc2ccccc2)nc1. The summed E-state index contributed by atoms with van der Waals surface area (Å²) in [5.74, 6) is 0.817. The summed E-state index contributed by atoms with van der Waals surface area (Å²) < 4.78 is 5.21. The van der Waals surface area contributed by atoms with Crippen molar-refractivity contribution in [3.63, 3.8) is 0 Å². The monoisotopic (exact) mass is 409 g/mol. The minimum absolute atomic E-state index is 0.0559. The Hall–Kier alpha value is -3.13. The highest BCUT2D eigenvalue weighted by Gasteiger charge is 2.37. The van der Waals surface area contributed by atoms with E-state index >= 15 is 0 Å². The van der Waals surface area contributed by atoms with Crippen LogP contribution >= 0.6 is 0 Å². The van der Waals surface area contributed by atoms with E-state index in [1.54, 1.807) is 13.3 Å². The number of piperidine rings is 1. The second-order valence-electron chi connectivity index (χ2n) is 7.73. The number of rotatable bonds is 5. The number of methoxy groups -OCH3 is 1. The molecule has 8 nitrogen and oxygen atoms in total. The van der Waals surface area contributed by atoms with Crippen molar-refractivity contribution in [2.45, 2.75) is 18.4 Å². The highest BCUT2D eigenvalue weighted by Crippen LogP contribution is 2.28. The lowest BCUT2D eigenvalue weighted by Crippen LogP contribution is -2.57. The number of carbonyl (C=O) groups is 2. The Bertz CT molecular complexity index is 870. The van der Waals surface area contributed by atoms with Crippen LogP contribution in [0, 0.1) is 5.92 Å². The van der Waals surface area contributed by atoms with Gasteiger partial charge in [-0.25, -0.2) is 4.79 Å². The fourth-order valence-corrected chi connectivity index (χ4v) is 3.94. The minimum Gasteiger partial charge on any atom is -0.495 e. The number of aromatic nitrogens is 1. The van der Waals surface area contributed by atoms with Crippen molar-refractivity contribution in [2.75, 3.05) is 38.6 Å². The fraction of sp³-hybridized carbons (Fsp3) is 0.409. The molecule has 3 N–H and O–H groups in total. The molecule has 0 bridgehead atoms. The maximum absolute atomic E-state index is 12.8. The average molecular weight is 409 g/mol. The summed E-state index contributed by atoms with van der Waals surface area (Å²) in [6.45, 7) is 2.63. The van der Waals surface area contributed by atoms with Crippen LogP contribution in [0.2, 0.25) is 0 Å². The molecule has 8 heteroatoms. The predicted octanol–water partition coefficient (Wildman–Crippen LogP) is 1.82. The molecule has 2 aromatic rings. The zero-order chi connectivity index (χ0) is 20.9. The van der Waals surface area contributed by atoms with Gasteiger partial charge in [-0.15, -0.1) is 0 Å². The van der Waals surface area contributed by atoms with Crippen LogP contribution < -0.4 is 20.7 Å². The lowest BCUT2D eigenvalue weighted by atomic mass is 9.87. The van der Waals surface area contributed by atoms with E-state index in [0.717, 1.165) is 24.5 Å². The van der Waals surface area contributed by atoms with Crippen LogP contribution in [0.3, 0.4) is 0 Å². The van der Waals surface area contributed by atoms with Crippen LogP contribution in [0.25, 0.3) is 0 Å². The Labute approximate surface area is 176 Å². The van der Waals surface area contributed by atoms with Gasteiger partial charge in [-0.3, -0.25) is 9.78 Å². The molecule has 1 aromatic carbocycles. The Kier molecular flexibility index (Phi) is 6.13. The van der Waals surface area contributed by atoms with Gasteiger partial charge in [0.05, 0.1) is 19.2 Å². The van der Waals surface area contributed by atoms with Gasteiger partial charge in [0.15, 0.2) is 0 Å². The van der Waals surface area contributed by atoms with E-state index in [4.69, 9.17) is 4.74 Å². The Morgan fingerprint density at radius 1 is 1.17 bits per heavy atom. The van der Waals surface area contributed by atoms with Crippen molar-refractivity contribution in [2.24, 2.45) is 5.92 Å². The third-order valence-electron chi connectivity index (χ3n) is 5.78. The van der Waals surface area contributed by atoms with Gasteiger partial charge in [0.2, 0.25) is 5.91 Å². The van der Waals surface area contributed by atoms with Crippen LogP contribution in [0.15, 0.2) is 48.7 Å². The number of urea groups is 1. The maximum atomic E-state index is 12.8. The number of ether oxygens (including phenoxy) is 1. The molecule has 0 saturated carbocycles. The van der Waals surface area contributed by atoms with Crippen LogP contribution in [-0.4, -0.2) is 61.2 Å². The standard InChI is InChI=1S/C22H27N5O3/c1-30-17-7-8-19(24-13-17)18-14-27(21(28)15-11-23-12-15)10-9-20(18)26-22(29)25-16-5-3-2-4-6-16/h2-8,13,15,18,20,23H,9-12,14H2,1H3,(H2,25,26,29). The number of hydrogen-bond donors (Lipinski definition) is 3. The highest BCUT2D eigenvalue weighted by molar-refractivity contribution is 5.89. The third-order valence-corrected chi connectivity index (χ3v) is 5.78. The molecule has 158 valence electrons. The van der Waals surface area contributed by atoms with E-state index in [1.807, 2.05) is 47.4 Å². The predicted molar refractivity (Wildman–Crippen MR) is 113 cm³/mol. The number of anilines is 1. The molecule has 2 unspecified atom stereocenters. The molecule has 2 aliphatic rings. The van der Waals surface area contributed by atoms with Crippen LogP contribution in [0.1, 0.15) is 18.0 Å². The number of nitrogens with zero attached hydrogens (tertiary/aromatic N) is 2. The van der Waals surface area contributed by atoms with Gasteiger partial charge in [-0.05, 0) is 30.7 Å². The second-order valence-corrected chi connectivity index (χ2v) is 7.73. The zero-order valence-electron chi connectivity index (χ0n) is 17.0. The van der Waals surface area contributed by atoms with Gasteiger partial charge in [-0.2, -0.15) is 0 Å². The molecule has 2 atom stereocenters. The molecule has 0 spiro atoms. The summed E-state index contributed by atoms with van der Waals surface area (Å²) in [5, 5.41) is 9.12. The topological polar surface area (TPSA) is 95.6 Å². The molecule has 2 aliphatic heterocycles. The number of nitrogens with one attached hydrogen (secondary N) is 3. The number of pyridine rings is 1. The molecule has 0 aliphatic carbocycles. The smallest absolute Gasteiger partial charge is 0.319 e. The molecule has 30 heavy (non-hydrogen) atoms. The lowest BCUT2D eigenvalue weighted by Gasteiger charge is -2.41. The lowest BCUT2D eigenvalue weighted by molar-refractivity contribution is -0.138. The van der Waals surface area contributed by atoms with Gasteiger partial charge < -0.3 is 25.6 Å². The first-order chi connectivity index (χ1) is 14.6. The van der Waals surface area contributed by atoms with Gasteiger partial charge in [-0.1, -0.05) is 18.2 Å². The molecular formula is C22H27N5O3. The molecule has 1 aromatic heterocycles. The van der Waals surface area contributed by atoms with Crippen LogP contribution in [0.4, 0.5) is 10.5 Å². The van der Waals surface area contributed by atoms with Crippen molar-refractivity contribution < 1.29 is 14.3 Å². The third kappa shape index (κ3) is 4.54. The Morgan fingerprint density at radius 3 is 2.60 bits per heavy atom. The van der Waals surface area contributed by atoms with Gasteiger partial charge in [0.1, 0.15) is 5.75 Å². The molecular weight excluding hydrogens is 382 g/mol. The molecule has 0 radical (unpaired) electrons. The normalized spacial score (nSPS) is 21.4. The van der Waals surface area contributed by atoms with E-state index < -0.39 is 0 Å². The number of hydrogen-bond acceptors (Lipinski definition) is 5. The quantitative estimate of drug-likeness (QED) is 0.700. The van der Waals surface area contributed by atoms with Crippen molar-refractivity contribution in [1.29, 1.82) is 0 Å². The first-order valence-electron chi connectivity index (χ1n) is 10.3. The minimum atomic E-state index is -0.257. The van der Waals surface area contributed by atoms with Crippen molar-refractivity contribution >= 4 is 17.6 Å². The average Bonchev–Trinajstić information content (AvgIpc) is 2.73. The van der Waals surface area contributed by atoms with Crippen LogP contribution in [-0.2, 0) is 4.79 Å². The summed E-state index contributed by atoms with van der Waals surface area (Å²) in [6, 6.07) is 12.7. The van der Waals surface area contributed by atoms with Gasteiger partial charge in [0.25, 0.3) is 0 Å². The van der Waals surface area contributed by atoms with Gasteiger partial charge >= 0.3 is 6.03 Å². The van der Waals surface area contributed by atoms with E-state index in [-0.39, 0.29) is 29.8 Å². The van der Waals surface area contributed by atoms with E-state index in [2.05, 4.69) is 20.9 Å². The number of amides is 3. The Balaban J connectivity index is 1.48. The van der Waals surface area contributed by atoms with Crippen molar-refractivity contribution in [3.05, 3.63) is 54.4 Å². The molecule has 2 saturated heterocycles. The Morgan fingerprint density at radius 2 is 1.97 bits per heavy atom. The summed E-state index contributed by atoms with van der Waals surface area (Å²) in [4.78, 5) is 31.8. The molecule has 4 rings (SSSR count). The van der Waals surface area contributed by atoms with E-state index in [9.17, 15) is 9.59 Å². The number of benzene rings is 1. The summed E-state index contributed by atoms with van der Waals surface area (Å²) in [6.07, 6.45) is 2.35. The maximum Gasteiger partial charge on any atom is 0.319 e. The zero-order valence-corrected chi connectivity index (χ0v) is 17.0. The molecule has 3 amide bonds. The first-order valence-corrected chi connectivity index (χ1v) is 10.3. The van der Waals surface area contributed by atoms with Crippen molar-refractivity contribution in [3.8, 4) is 5.75 Å². The summed E-state index contributed by atoms with van der Waals surface area (Å²) in [5.41, 5.74) is 1.57. The fourth-order valence-electron chi connectivity index (χ4n) is 3.94.